The molecule has 0 aliphatic heterocycles. The summed E-state index contributed by atoms with van der Waals surface area (Å²) in [5.74, 6) is 0. The molecule has 1 rings (SSSR count). The van der Waals surface area contributed by atoms with Crippen LogP contribution in [0.25, 0.3) is 0 Å². The first-order valence-corrected chi connectivity index (χ1v) is 7.03. The summed E-state index contributed by atoms with van der Waals surface area (Å²) >= 11 is 4.56. The van der Waals surface area contributed by atoms with E-state index in [1.165, 1.54) is 18.2 Å². The highest BCUT2D eigenvalue weighted by Gasteiger charge is 2.27. The van der Waals surface area contributed by atoms with Crippen LogP contribution in [-0.4, -0.2) is 19.9 Å². The van der Waals surface area contributed by atoms with Crippen LogP contribution in [-0.2, 0) is 11.4 Å². The summed E-state index contributed by atoms with van der Waals surface area (Å²) < 4.78 is 15.5. The van der Waals surface area contributed by atoms with Crippen LogP contribution in [0, 0.1) is 10.1 Å². The highest BCUT2D eigenvalue weighted by Crippen LogP contribution is 2.24. The molecule has 104 valence electrons. The van der Waals surface area contributed by atoms with E-state index in [0.29, 0.717) is 16.3 Å². The molecular formula is C12H15ClN2O3S. The Morgan fingerprint density at radius 2 is 2.00 bits per heavy atom. The van der Waals surface area contributed by atoms with Gasteiger partial charge in [-0.3, -0.25) is 10.1 Å². The van der Waals surface area contributed by atoms with Crippen LogP contribution in [0.3, 0.4) is 0 Å². The van der Waals surface area contributed by atoms with E-state index in [0.717, 1.165) is 0 Å². The van der Waals surface area contributed by atoms with Crippen molar-refractivity contribution >= 4 is 34.4 Å². The van der Waals surface area contributed by atoms with E-state index in [4.69, 9.17) is 11.6 Å². The highest BCUT2D eigenvalue weighted by molar-refractivity contribution is 7.91. The molecule has 0 saturated heterocycles. The van der Waals surface area contributed by atoms with Gasteiger partial charge >= 0.3 is 0 Å². The van der Waals surface area contributed by atoms with Gasteiger partial charge in [0.1, 0.15) is 16.1 Å². The number of hydrogen-bond donors (Lipinski definition) is 0. The lowest BCUT2D eigenvalue weighted by atomic mass is 10.1. The second-order valence-electron chi connectivity index (χ2n) is 4.96. The molecule has 1 unspecified atom stereocenters. The smallest absolute Gasteiger partial charge is 0.270 e. The third kappa shape index (κ3) is 4.19. The summed E-state index contributed by atoms with van der Waals surface area (Å²) in [6, 6.07) is 4.09. The SMILES string of the molecule is CC(=N[S+]([O-])C(C)(C)C)c1cc([N+](=O)[O-])ccc1Cl. The van der Waals surface area contributed by atoms with Crippen LogP contribution < -0.4 is 0 Å². The number of benzene rings is 1. The van der Waals surface area contributed by atoms with E-state index in [9.17, 15) is 14.7 Å². The summed E-state index contributed by atoms with van der Waals surface area (Å²) in [5.41, 5.74) is 0.769. The van der Waals surface area contributed by atoms with Crippen molar-refractivity contribution in [2.75, 3.05) is 0 Å². The number of hydrogen-bond acceptors (Lipinski definition) is 4. The minimum atomic E-state index is -1.43. The lowest BCUT2D eigenvalue weighted by molar-refractivity contribution is -0.384. The normalized spacial score (nSPS) is 14.3. The highest BCUT2D eigenvalue weighted by atomic mass is 35.5. The van der Waals surface area contributed by atoms with Crippen molar-refractivity contribution in [2.24, 2.45) is 4.40 Å². The molecule has 0 fully saturated rings. The molecule has 5 nitrogen and oxygen atoms in total. The van der Waals surface area contributed by atoms with Gasteiger partial charge in [0.05, 0.1) is 15.7 Å². The molecule has 0 saturated carbocycles. The molecule has 0 radical (unpaired) electrons. The van der Waals surface area contributed by atoms with Gasteiger partial charge < -0.3 is 4.55 Å². The molecule has 0 amide bonds. The maximum atomic E-state index is 11.9. The summed E-state index contributed by atoms with van der Waals surface area (Å²) in [4.78, 5) is 10.2. The van der Waals surface area contributed by atoms with Crippen LogP contribution in [0.1, 0.15) is 33.3 Å². The zero-order chi connectivity index (χ0) is 14.8. The fourth-order valence-electron chi connectivity index (χ4n) is 1.21. The fraction of sp³-hybridized carbons (Fsp3) is 0.417. The van der Waals surface area contributed by atoms with E-state index in [1.54, 1.807) is 27.7 Å². The van der Waals surface area contributed by atoms with Crippen molar-refractivity contribution in [1.29, 1.82) is 0 Å². The van der Waals surface area contributed by atoms with Gasteiger partial charge in [-0.1, -0.05) is 16.0 Å². The molecule has 0 heterocycles. The van der Waals surface area contributed by atoms with Crippen LogP contribution >= 0.6 is 11.6 Å². The van der Waals surface area contributed by atoms with Crippen molar-refractivity contribution in [3.63, 3.8) is 0 Å². The maximum absolute atomic E-state index is 11.9. The number of nitro groups is 1. The van der Waals surface area contributed by atoms with E-state index in [2.05, 4.69) is 4.40 Å². The second-order valence-corrected chi connectivity index (χ2v) is 7.27. The molecule has 0 spiro atoms. The van der Waals surface area contributed by atoms with Crippen LogP contribution in [0.2, 0.25) is 5.02 Å². The Balaban J connectivity index is 3.19. The van der Waals surface area contributed by atoms with Crippen molar-refractivity contribution < 1.29 is 9.48 Å². The van der Waals surface area contributed by atoms with Gasteiger partial charge in [0.25, 0.3) is 5.69 Å². The summed E-state index contributed by atoms with van der Waals surface area (Å²) in [6.07, 6.45) is 0. The Kier molecular flexibility index (Phi) is 4.95. The molecule has 0 bridgehead atoms. The molecule has 0 aliphatic rings. The first kappa shape index (κ1) is 15.9. The van der Waals surface area contributed by atoms with Gasteiger partial charge in [-0.05, 0) is 33.8 Å². The summed E-state index contributed by atoms with van der Waals surface area (Å²) in [7, 11) is 0. The minimum absolute atomic E-state index is 0.0736. The van der Waals surface area contributed by atoms with Gasteiger partial charge in [-0.2, -0.15) is 0 Å². The molecule has 1 atom stereocenters. The van der Waals surface area contributed by atoms with Crippen molar-refractivity contribution in [1.82, 2.24) is 0 Å². The third-order valence-corrected chi connectivity index (χ3v) is 4.11. The number of rotatable bonds is 3. The van der Waals surface area contributed by atoms with Crippen molar-refractivity contribution in [2.45, 2.75) is 32.4 Å². The molecule has 0 aliphatic carbocycles. The Hall–Kier alpha value is -1.11. The molecule has 7 heteroatoms. The van der Waals surface area contributed by atoms with Crippen LogP contribution in [0.4, 0.5) is 5.69 Å². The van der Waals surface area contributed by atoms with Crippen LogP contribution in [0.15, 0.2) is 22.6 Å². The lowest BCUT2D eigenvalue weighted by Crippen LogP contribution is -2.26. The molecule has 0 aromatic heterocycles. The first-order chi connectivity index (χ1) is 8.62. The van der Waals surface area contributed by atoms with E-state index in [1.807, 2.05) is 0 Å². The van der Waals surface area contributed by atoms with Gasteiger partial charge in [0.15, 0.2) is 0 Å². The standard InChI is InChI=1S/C12H15ClN2O3S/c1-8(14-19(18)12(2,3)4)10-7-9(15(16)17)5-6-11(10)13/h5-7H,1-4H3. The number of halogens is 1. The average molecular weight is 303 g/mol. The average Bonchev–Trinajstić information content (AvgIpc) is 2.27. The predicted molar refractivity (Wildman–Crippen MR) is 78.2 cm³/mol. The summed E-state index contributed by atoms with van der Waals surface area (Å²) in [6.45, 7) is 7.04. The zero-order valence-electron chi connectivity index (χ0n) is 11.1. The van der Waals surface area contributed by atoms with Gasteiger partial charge in [-0.15, -0.1) is 0 Å². The Morgan fingerprint density at radius 1 is 1.42 bits per heavy atom. The molecule has 1 aromatic carbocycles. The van der Waals surface area contributed by atoms with Crippen LogP contribution in [0.5, 0.6) is 0 Å². The maximum Gasteiger partial charge on any atom is 0.270 e. The van der Waals surface area contributed by atoms with Gasteiger partial charge in [-0.25, -0.2) is 0 Å². The number of nitrogens with zero attached hydrogens (tertiary/aromatic N) is 2. The largest absolute Gasteiger partial charge is 0.591 e. The lowest BCUT2D eigenvalue weighted by Gasteiger charge is -2.18. The topological polar surface area (TPSA) is 78.6 Å². The van der Waals surface area contributed by atoms with Crippen molar-refractivity contribution in [3.05, 3.63) is 38.9 Å². The molecule has 1 aromatic rings. The Morgan fingerprint density at radius 3 is 2.47 bits per heavy atom. The van der Waals surface area contributed by atoms with E-state index < -0.39 is 21.0 Å². The molecule has 0 N–H and O–H groups in total. The predicted octanol–water partition coefficient (Wildman–Crippen LogP) is 3.52. The Bertz CT molecular complexity index is 526. The molecule has 19 heavy (non-hydrogen) atoms. The second kappa shape index (κ2) is 5.90. The van der Waals surface area contributed by atoms with E-state index >= 15 is 0 Å². The van der Waals surface area contributed by atoms with Gasteiger partial charge in [0, 0.05) is 17.7 Å². The number of non-ortho nitro benzene ring substituents is 1. The monoisotopic (exact) mass is 302 g/mol. The fourth-order valence-corrected chi connectivity index (χ4v) is 2.09. The number of nitro benzene ring substituents is 1. The van der Waals surface area contributed by atoms with Gasteiger partial charge in [0.2, 0.25) is 0 Å². The first-order valence-electron chi connectivity index (χ1n) is 5.54. The summed E-state index contributed by atoms with van der Waals surface area (Å²) in [5, 5.41) is 11.1. The quantitative estimate of drug-likeness (QED) is 0.371. The van der Waals surface area contributed by atoms with Crippen molar-refractivity contribution in [3.8, 4) is 0 Å². The zero-order valence-corrected chi connectivity index (χ0v) is 12.7. The minimum Gasteiger partial charge on any atom is -0.591 e. The molecular weight excluding hydrogens is 288 g/mol. The Labute approximate surface area is 120 Å². The third-order valence-electron chi connectivity index (χ3n) is 2.29. The van der Waals surface area contributed by atoms with E-state index in [-0.39, 0.29) is 5.69 Å².